The zero-order valence-electron chi connectivity index (χ0n) is 13.4. The molecule has 2 aromatic rings. The van der Waals surface area contributed by atoms with Gasteiger partial charge in [0.2, 0.25) is 11.8 Å². The molecule has 2 rings (SSSR count). The molecular weight excluding hydrogens is 342 g/mol. The molecule has 14 nitrogen and oxygen atoms in total. The summed E-state index contributed by atoms with van der Waals surface area (Å²) in [6, 6.07) is 1.19. The zero-order chi connectivity index (χ0) is 19.3. The van der Waals surface area contributed by atoms with Crippen molar-refractivity contribution in [1.82, 2.24) is 25.1 Å². The number of amides is 2. The van der Waals surface area contributed by atoms with Gasteiger partial charge in [0.05, 0.1) is 6.20 Å². The number of hydrogen-bond donors (Lipinski definition) is 4. The van der Waals surface area contributed by atoms with Crippen molar-refractivity contribution in [3.63, 3.8) is 0 Å². The number of urea groups is 1. The summed E-state index contributed by atoms with van der Waals surface area (Å²) in [7, 11) is 1.39. The van der Waals surface area contributed by atoms with Gasteiger partial charge in [-0.15, -0.1) is 15.3 Å². The number of rotatable bonds is 2. The second-order valence-electron chi connectivity index (χ2n) is 4.45. The van der Waals surface area contributed by atoms with E-state index in [-0.39, 0.29) is 40.6 Å². The molecule has 0 aliphatic carbocycles. The lowest BCUT2D eigenvalue weighted by molar-refractivity contribution is 0.251. The summed E-state index contributed by atoms with van der Waals surface area (Å²) in [5.74, 6) is -0.570. The third-order valence-corrected chi connectivity index (χ3v) is 2.78. The normalized spacial score (nSPS) is 11.3. The van der Waals surface area contributed by atoms with Crippen molar-refractivity contribution in [3.8, 4) is 6.07 Å². The van der Waals surface area contributed by atoms with Crippen LogP contribution in [0.5, 0.6) is 0 Å². The predicted molar refractivity (Wildman–Crippen MR) is 93.2 cm³/mol. The molecule has 0 saturated carbocycles. The zero-order valence-corrected chi connectivity index (χ0v) is 13.4. The number of carbonyl (C=O) groups is 1. The minimum atomic E-state index is -0.677. The molecule has 132 valence electrons. The van der Waals surface area contributed by atoms with E-state index in [2.05, 4.69) is 47.3 Å². The molecule has 14 heteroatoms. The van der Waals surface area contributed by atoms with Crippen LogP contribution in [-0.4, -0.2) is 45.5 Å². The van der Waals surface area contributed by atoms with E-state index in [1.807, 2.05) is 6.07 Å². The van der Waals surface area contributed by atoms with Crippen molar-refractivity contribution in [2.45, 2.75) is 0 Å². The van der Waals surface area contributed by atoms with Gasteiger partial charge in [-0.3, -0.25) is 0 Å². The van der Waals surface area contributed by atoms with Crippen molar-refractivity contribution in [3.05, 3.63) is 11.8 Å². The second kappa shape index (κ2) is 7.44. The van der Waals surface area contributed by atoms with Gasteiger partial charge in [0.15, 0.2) is 17.3 Å². The maximum Gasteiger partial charge on any atom is 0.344 e. The number of anilines is 3. The standard InChI is InChI=1S/C12H13N13O/c1-17-11(21-12(26)18-2)25-4-5(3-13)9(24-25)23-22-6-7(14)19-10(16)20-8(6)15/h4H,1H2,2H3,(H,18,26)(H6,14,15,16,19,20). The van der Waals surface area contributed by atoms with Crippen LogP contribution in [0.3, 0.4) is 0 Å². The Hall–Kier alpha value is -4.41. The van der Waals surface area contributed by atoms with Gasteiger partial charge in [-0.2, -0.15) is 20.2 Å². The van der Waals surface area contributed by atoms with Gasteiger partial charge >= 0.3 is 6.03 Å². The average Bonchev–Trinajstić information content (AvgIpc) is 3.01. The number of carbonyl (C=O) groups excluding carboxylic acids is 1. The Morgan fingerprint density at radius 3 is 2.50 bits per heavy atom. The summed E-state index contributed by atoms with van der Waals surface area (Å²) in [5.41, 5.74) is 16.7. The highest BCUT2D eigenvalue weighted by Crippen LogP contribution is 2.29. The lowest BCUT2D eigenvalue weighted by atomic mass is 10.4. The lowest BCUT2D eigenvalue weighted by Crippen LogP contribution is -2.18. The first kappa shape index (κ1) is 17.9. The molecule has 26 heavy (non-hydrogen) atoms. The minimum Gasteiger partial charge on any atom is -0.382 e. The average molecular weight is 355 g/mol. The maximum atomic E-state index is 11.3. The number of aromatic nitrogens is 4. The van der Waals surface area contributed by atoms with Gasteiger partial charge in [0, 0.05) is 7.05 Å². The molecule has 0 spiro atoms. The van der Waals surface area contributed by atoms with E-state index in [0.29, 0.717) is 0 Å². The summed E-state index contributed by atoms with van der Waals surface area (Å²) in [6.07, 6.45) is 1.25. The number of nitrogens with two attached hydrogens (primary N) is 3. The van der Waals surface area contributed by atoms with E-state index in [0.717, 1.165) is 4.68 Å². The van der Waals surface area contributed by atoms with Gasteiger partial charge in [-0.05, 0) is 6.72 Å². The molecule has 2 amide bonds. The van der Waals surface area contributed by atoms with Crippen LogP contribution in [0, 0.1) is 11.3 Å². The Labute approximate surface area is 146 Å². The SMILES string of the molecule is C=NC(=NC(=O)NC)n1cc(C#N)c(N=Nc2c(N)nc(N)nc2N)n1. The fourth-order valence-electron chi connectivity index (χ4n) is 1.63. The molecule has 0 aromatic carbocycles. The summed E-state index contributed by atoms with van der Waals surface area (Å²) < 4.78 is 1.04. The molecule has 0 aliphatic rings. The molecule has 0 aliphatic heterocycles. The monoisotopic (exact) mass is 355 g/mol. The molecule has 0 unspecified atom stereocenters. The molecule has 0 fully saturated rings. The largest absolute Gasteiger partial charge is 0.382 e. The fraction of sp³-hybridized carbons (Fsp3) is 0.0833. The lowest BCUT2D eigenvalue weighted by Gasteiger charge is -2.02. The van der Waals surface area contributed by atoms with Gasteiger partial charge in [0.1, 0.15) is 11.6 Å². The van der Waals surface area contributed by atoms with Crippen LogP contribution in [0.25, 0.3) is 0 Å². The van der Waals surface area contributed by atoms with Gasteiger partial charge < -0.3 is 22.5 Å². The van der Waals surface area contributed by atoms with Gasteiger partial charge in [0.25, 0.3) is 5.96 Å². The van der Waals surface area contributed by atoms with Crippen molar-refractivity contribution in [2.24, 2.45) is 20.2 Å². The Morgan fingerprint density at radius 1 is 1.31 bits per heavy atom. The Balaban J connectivity index is 2.44. The first-order valence-electron chi connectivity index (χ1n) is 6.77. The summed E-state index contributed by atoms with van der Waals surface area (Å²) in [4.78, 5) is 26.0. The molecule has 0 radical (unpaired) electrons. The molecule has 2 heterocycles. The highest BCUT2D eigenvalue weighted by atomic mass is 16.2. The van der Waals surface area contributed by atoms with Crippen LogP contribution >= 0.6 is 0 Å². The quantitative estimate of drug-likeness (QED) is 0.323. The van der Waals surface area contributed by atoms with Crippen LogP contribution in [0.1, 0.15) is 5.56 Å². The number of azo groups is 1. The molecule has 7 N–H and O–H groups in total. The predicted octanol–water partition coefficient (Wildman–Crippen LogP) is -0.0491. The third-order valence-electron chi connectivity index (χ3n) is 2.78. The van der Waals surface area contributed by atoms with Crippen LogP contribution in [0.15, 0.2) is 26.4 Å². The van der Waals surface area contributed by atoms with E-state index in [1.165, 1.54) is 13.2 Å². The highest BCUT2D eigenvalue weighted by Gasteiger charge is 2.14. The molecule has 2 aromatic heterocycles. The number of nitrogen functional groups attached to an aromatic ring is 3. The Morgan fingerprint density at radius 2 is 1.96 bits per heavy atom. The first-order chi connectivity index (χ1) is 12.4. The summed E-state index contributed by atoms with van der Waals surface area (Å²) in [5, 5.41) is 23.1. The number of hydrogen-bond acceptors (Lipinski definition) is 10. The maximum absolute atomic E-state index is 11.3. The van der Waals surface area contributed by atoms with Crippen LogP contribution < -0.4 is 22.5 Å². The Bertz CT molecular complexity index is 941. The molecule has 0 saturated heterocycles. The van der Waals surface area contributed by atoms with Crippen molar-refractivity contribution in [1.29, 1.82) is 5.26 Å². The molecule has 0 bridgehead atoms. The smallest absolute Gasteiger partial charge is 0.344 e. The molecule has 0 atom stereocenters. The van der Waals surface area contributed by atoms with E-state index in [1.54, 1.807) is 0 Å². The van der Waals surface area contributed by atoms with Crippen molar-refractivity contribution < 1.29 is 4.79 Å². The topological polar surface area (TPSA) is 224 Å². The fourth-order valence-corrected chi connectivity index (χ4v) is 1.63. The number of nitrogens with one attached hydrogen (secondary N) is 1. The number of aliphatic imine (C=N–C) groups is 2. The summed E-state index contributed by atoms with van der Waals surface area (Å²) in [6.45, 7) is 3.29. The number of nitrogens with zero attached hydrogens (tertiary/aromatic N) is 9. The minimum absolute atomic E-state index is 0.0236. The van der Waals surface area contributed by atoms with Crippen LogP contribution in [-0.2, 0) is 0 Å². The van der Waals surface area contributed by atoms with E-state index >= 15 is 0 Å². The summed E-state index contributed by atoms with van der Waals surface area (Å²) >= 11 is 0. The first-order valence-corrected chi connectivity index (χ1v) is 6.77. The van der Waals surface area contributed by atoms with Crippen molar-refractivity contribution in [2.75, 3.05) is 24.2 Å². The van der Waals surface area contributed by atoms with E-state index in [4.69, 9.17) is 17.2 Å². The Kier molecular flexibility index (Phi) is 5.13. The van der Waals surface area contributed by atoms with Crippen LogP contribution in [0.4, 0.5) is 33.9 Å². The second-order valence-corrected chi connectivity index (χ2v) is 4.45. The van der Waals surface area contributed by atoms with Crippen molar-refractivity contribution >= 4 is 47.8 Å². The highest BCUT2D eigenvalue weighted by molar-refractivity contribution is 5.95. The third kappa shape index (κ3) is 3.73. The van der Waals surface area contributed by atoms with Gasteiger partial charge in [-0.25, -0.2) is 14.5 Å². The molecular formula is C12H13N13O. The van der Waals surface area contributed by atoms with E-state index in [9.17, 15) is 10.1 Å². The van der Waals surface area contributed by atoms with E-state index < -0.39 is 6.03 Å². The number of nitriles is 1. The van der Waals surface area contributed by atoms with Crippen LogP contribution in [0.2, 0.25) is 0 Å². The van der Waals surface area contributed by atoms with Gasteiger partial charge in [-0.1, -0.05) is 0 Å².